The molecule has 78 valence electrons. The van der Waals surface area contributed by atoms with E-state index in [0.29, 0.717) is 10.9 Å². The summed E-state index contributed by atoms with van der Waals surface area (Å²) in [6.45, 7) is 5.97. The predicted octanol–water partition coefficient (Wildman–Crippen LogP) is 3.32. The van der Waals surface area contributed by atoms with Gasteiger partial charge >= 0.3 is 0 Å². The molecule has 0 saturated heterocycles. The molecule has 0 amide bonds. The second-order valence-corrected chi connectivity index (χ2v) is 3.63. The van der Waals surface area contributed by atoms with Crippen LogP contribution in [0.1, 0.15) is 19.4 Å². The Balaban J connectivity index is 2.98. The van der Waals surface area contributed by atoms with Crippen LogP contribution in [0, 0.1) is 0 Å². The summed E-state index contributed by atoms with van der Waals surface area (Å²) in [6, 6.07) is 1.87. The van der Waals surface area contributed by atoms with Crippen LogP contribution in [0.3, 0.4) is 0 Å². The third-order valence-electron chi connectivity index (χ3n) is 2.10. The van der Waals surface area contributed by atoms with Crippen molar-refractivity contribution in [3.8, 4) is 0 Å². The Morgan fingerprint density at radius 2 is 2.00 bits per heavy atom. The van der Waals surface area contributed by atoms with Crippen LogP contribution in [-0.4, -0.2) is 18.1 Å². The van der Waals surface area contributed by atoms with Gasteiger partial charge in [-0.05, 0) is 25.5 Å². The lowest BCUT2D eigenvalue weighted by Gasteiger charge is -2.20. The number of halogens is 2. The third-order valence-corrected chi connectivity index (χ3v) is 2.68. The van der Waals surface area contributed by atoms with E-state index in [1.54, 1.807) is 6.20 Å². The van der Waals surface area contributed by atoms with Gasteiger partial charge < -0.3 is 4.90 Å². The van der Waals surface area contributed by atoms with E-state index in [1.165, 1.54) is 0 Å². The number of alkyl halides is 1. The van der Waals surface area contributed by atoms with E-state index in [2.05, 4.69) is 23.7 Å². The molecule has 4 heteroatoms. The van der Waals surface area contributed by atoms with E-state index in [-0.39, 0.29) is 0 Å². The molecule has 0 radical (unpaired) electrons. The van der Waals surface area contributed by atoms with Crippen molar-refractivity contribution in [3.63, 3.8) is 0 Å². The van der Waals surface area contributed by atoms with E-state index >= 15 is 0 Å². The normalized spacial score (nSPS) is 10.3. The average molecular weight is 233 g/mol. The monoisotopic (exact) mass is 232 g/mol. The minimum Gasteiger partial charge on any atom is -0.356 e. The highest BCUT2D eigenvalue weighted by Crippen LogP contribution is 2.24. The van der Waals surface area contributed by atoms with Crippen molar-refractivity contribution in [3.05, 3.63) is 22.8 Å². The van der Waals surface area contributed by atoms with Crippen molar-refractivity contribution in [2.24, 2.45) is 0 Å². The van der Waals surface area contributed by atoms with Gasteiger partial charge in [-0.25, -0.2) is 4.98 Å². The van der Waals surface area contributed by atoms with Gasteiger partial charge in [0, 0.05) is 25.2 Å². The molecule has 0 aliphatic rings. The van der Waals surface area contributed by atoms with Gasteiger partial charge in [0.2, 0.25) is 0 Å². The van der Waals surface area contributed by atoms with Crippen LogP contribution >= 0.6 is 23.2 Å². The average Bonchev–Trinajstić information content (AvgIpc) is 2.22. The summed E-state index contributed by atoms with van der Waals surface area (Å²) in [7, 11) is 0. The van der Waals surface area contributed by atoms with Crippen LogP contribution in [-0.2, 0) is 5.88 Å². The molecule has 1 aromatic rings. The summed E-state index contributed by atoms with van der Waals surface area (Å²) < 4.78 is 0. The molecule has 0 unspecified atom stereocenters. The first-order valence-corrected chi connectivity index (χ1v) is 5.59. The molecular weight excluding hydrogens is 219 g/mol. The van der Waals surface area contributed by atoms with Crippen LogP contribution < -0.4 is 4.90 Å². The van der Waals surface area contributed by atoms with Crippen molar-refractivity contribution in [1.29, 1.82) is 0 Å². The summed E-state index contributed by atoms with van der Waals surface area (Å²) >= 11 is 11.8. The number of hydrogen-bond acceptors (Lipinski definition) is 2. The van der Waals surface area contributed by atoms with E-state index < -0.39 is 0 Å². The zero-order valence-electron chi connectivity index (χ0n) is 8.43. The van der Waals surface area contributed by atoms with E-state index in [9.17, 15) is 0 Å². The zero-order chi connectivity index (χ0) is 10.6. The molecule has 0 atom stereocenters. The topological polar surface area (TPSA) is 16.1 Å². The Morgan fingerprint density at radius 1 is 1.36 bits per heavy atom. The minimum atomic E-state index is 0.450. The Hall–Kier alpha value is -0.470. The summed E-state index contributed by atoms with van der Waals surface area (Å²) in [6.07, 6.45) is 1.77. The number of nitrogens with zero attached hydrogens (tertiary/aromatic N) is 2. The Labute approximate surface area is 94.8 Å². The van der Waals surface area contributed by atoms with Gasteiger partial charge in [-0.3, -0.25) is 0 Å². The molecular formula is C10H14Cl2N2. The summed E-state index contributed by atoms with van der Waals surface area (Å²) in [4.78, 5) is 6.41. The van der Waals surface area contributed by atoms with Crippen molar-refractivity contribution in [1.82, 2.24) is 4.98 Å². The molecule has 0 bridgehead atoms. The summed E-state index contributed by atoms with van der Waals surface area (Å²) in [5.74, 6) is 1.29. The van der Waals surface area contributed by atoms with Gasteiger partial charge in [0.25, 0.3) is 0 Å². The maximum Gasteiger partial charge on any atom is 0.147 e. The molecule has 0 N–H and O–H groups in total. The zero-order valence-corrected chi connectivity index (χ0v) is 9.94. The number of hydrogen-bond donors (Lipinski definition) is 0. The Morgan fingerprint density at radius 3 is 2.43 bits per heavy atom. The first-order chi connectivity index (χ1) is 6.72. The van der Waals surface area contributed by atoms with Gasteiger partial charge in [0.05, 0.1) is 5.02 Å². The summed E-state index contributed by atoms with van der Waals surface area (Å²) in [5.41, 5.74) is 0.951. The van der Waals surface area contributed by atoms with Crippen LogP contribution in [0.25, 0.3) is 0 Å². The number of rotatable bonds is 4. The third kappa shape index (κ3) is 2.52. The van der Waals surface area contributed by atoms with E-state index in [0.717, 1.165) is 24.5 Å². The molecule has 1 aromatic heterocycles. The van der Waals surface area contributed by atoms with Crippen LogP contribution in [0.2, 0.25) is 5.02 Å². The van der Waals surface area contributed by atoms with Crippen LogP contribution in [0.4, 0.5) is 5.82 Å². The second kappa shape index (κ2) is 5.42. The van der Waals surface area contributed by atoms with Gasteiger partial charge in [-0.1, -0.05) is 11.6 Å². The van der Waals surface area contributed by atoms with Gasteiger partial charge in [-0.2, -0.15) is 0 Å². The lowest BCUT2D eigenvalue weighted by molar-refractivity contribution is 0.845. The lowest BCUT2D eigenvalue weighted by atomic mass is 10.3. The molecule has 0 aliphatic carbocycles. The molecule has 14 heavy (non-hydrogen) atoms. The fraction of sp³-hybridized carbons (Fsp3) is 0.500. The number of pyridine rings is 1. The first-order valence-electron chi connectivity index (χ1n) is 4.68. The molecule has 0 aromatic carbocycles. The van der Waals surface area contributed by atoms with Crippen LogP contribution in [0.5, 0.6) is 0 Å². The smallest absolute Gasteiger partial charge is 0.147 e. The van der Waals surface area contributed by atoms with Crippen molar-refractivity contribution >= 4 is 29.0 Å². The highest BCUT2D eigenvalue weighted by atomic mass is 35.5. The highest BCUT2D eigenvalue weighted by Gasteiger charge is 2.08. The second-order valence-electron chi connectivity index (χ2n) is 2.95. The summed E-state index contributed by atoms with van der Waals surface area (Å²) in [5, 5.41) is 0.673. The highest BCUT2D eigenvalue weighted by molar-refractivity contribution is 6.33. The largest absolute Gasteiger partial charge is 0.356 e. The molecule has 0 aliphatic heterocycles. The fourth-order valence-electron chi connectivity index (χ4n) is 1.30. The minimum absolute atomic E-state index is 0.450. The molecule has 2 nitrogen and oxygen atoms in total. The number of aromatic nitrogens is 1. The quantitative estimate of drug-likeness (QED) is 0.741. The molecule has 0 saturated carbocycles. The molecule has 1 heterocycles. The molecule has 0 spiro atoms. The Kier molecular flexibility index (Phi) is 4.49. The van der Waals surface area contributed by atoms with Crippen LogP contribution in [0.15, 0.2) is 12.3 Å². The predicted molar refractivity (Wildman–Crippen MR) is 62.4 cm³/mol. The first kappa shape index (κ1) is 11.6. The lowest BCUT2D eigenvalue weighted by Crippen LogP contribution is -2.23. The molecule has 0 fully saturated rings. The maximum absolute atomic E-state index is 6.10. The van der Waals surface area contributed by atoms with Crippen molar-refractivity contribution in [2.75, 3.05) is 18.0 Å². The van der Waals surface area contributed by atoms with E-state index in [1.807, 2.05) is 6.07 Å². The van der Waals surface area contributed by atoms with Gasteiger partial charge in [0.1, 0.15) is 5.82 Å². The maximum atomic E-state index is 6.10. The standard InChI is InChI=1S/C10H14Cl2N2/c1-3-14(4-2)10-9(12)5-8(6-11)7-13-10/h5,7H,3-4,6H2,1-2H3. The van der Waals surface area contributed by atoms with E-state index in [4.69, 9.17) is 23.2 Å². The van der Waals surface area contributed by atoms with Crippen molar-refractivity contribution < 1.29 is 0 Å². The Bertz CT molecular complexity index is 298. The van der Waals surface area contributed by atoms with Gasteiger partial charge in [-0.15, -0.1) is 11.6 Å². The number of anilines is 1. The fourth-order valence-corrected chi connectivity index (χ4v) is 1.75. The van der Waals surface area contributed by atoms with Gasteiger partial charge in [0.15, 0.2) is 0 Å². The van der Waals surface area contributed by atoms with Crippen molar-refractivity contribution in [2.45, 2.75) is 19.7 Å². The molecule has 1 rings (SSSR count). The SMILES string of the molecule is CCN(CC)c1ncc(CCl)cc1Cl.